The van der Waals surface area contributed by atoms with Crippen molar-refractivity contribution in [2.45, 2.75) is 32.5 Å². The highest BCUT2D eigenvalue weighted by Gasteiger charge is 2.25. The van der Waals surface area contributed by atoms with Gasteiger partial charge in [0.05, 0.1) is 0 Å². The van der Waals surface area contributed by atoms with E-state index in [0.29, 0.717) is 13.1 Å². The van der Waals surface area contributed by atoms with Gasteiger partial charge in [-0.3, -0.25) is 4.79 Å². The Morgan fingerprint density at radius 2 is 1.76 bits per heavy atom. The maximum Gasteiger partial charge on any atom is 0.408 e. The molecule has 0 bridgehead atoms. The maximum atomic E-state index is 12.6. The second-order valence-corrected chi connectivity index (χ2v) is 6.21. The summed E-state index contributed by atoms with van der Waals surface area (Å²) in [6.07, 6.45) is 0.259. The van der Waals surface area contributed by atoms with Gasteiger partial charge >= 0.3 is 6.09 Å². The van der Waals surface area contributed by atoms with Gasteiger partial charge in [0.15, 0.2) is 0 Å². The first-order valence-corrected chi connectivity index (χ1v) is 8.46. The van der Waals surface area contributed by atoms with Crippen molar-refractivity contribution >= 4 is 12.0 Å². The lowest BCUT2D eigenvalue weighted by Gasteiger charge is -2.31. The number of carbonyl (C=O) groups is 2. The van der Waals surface area contributed by atoms with Crippen LogP contribution in [0.5, 0.6) is 0 Å². The van der Waals surface area contributed by atoms with Gasteiger partial charge in [-0.2, -0.15) is 0 Å². The third kappa shape index (κ3) is 4.38. The molecule has 2 amide bonds. The number of hydrogen-bond acceptors (Lipinski definition) is 3. The Kier molecular flexibility index (Phi) is 5.33. The van der Waals surface area contributed by atoms with Crippen molar-refractivity contribution in [3.05, 3.63) is 71.3 Å². The van der Waals surface area contributed by atoms with Crippen molar-refractivity contribution in [2.24, 2.45) is 0 Å². The van der Waals surface area contributed by atoms with E-state index in [4.69, 9.17) is 4.74 Å². The maximum absolute atomic E-state index is 12.6. The fourth-order valence-electron chi connectivity index (χ4n) is 2.96. The summed E-state index contributed by atoms with van der Waals surface area (Å²) in [4.78, 5) is 26.3. The first-order valence-electron chi connectivity index (χ1n) is 8.46. The number of ether oxygens (including phenoxy) is 1. The molecule has 0 saturated carbocycles. The third-order valence-electron chi connectivity index (χ3n) is 4.36. The molecular formula is C20H22N2O3. The Morgan fingerprint density at radius 3 is 2.52 bits per heavy atom. The normalized spacial score (nSPS) is 14.4. The van der Waals surface area contributed by atoms with Crippen LogP contribution in [-0.2, 0) is 29.1 Å². The number of nitrogens with one attached hydrogen (secondary N) is 1. The summed E-state index contributed by atoms with van der Waals surface area (Å²) in [5, 5.41) is 2.62. The summed E-state index contributed by atoms with van der Waals surface area (Å²) in [6.45, 7) is 3.12. The van der Waals surface area contributed by atoms with Crippen LogP contribution >= 0.6 is 0 Å². The Bertz CT molecular complexity index is 746. The molecule has 1 aliphatic heterocycles. The highest BCUT2D eigenvalue weighted by molar-refractivity contribution is 5.85. The molecule has 0 fully saturated rings. The van der Waals surface area contributed by atoms with E-state index in [1.54, 1.807) is 11.8 Å². The average Bonchev–Trinajstić information content (AvgIpc) is 2.66. The minimum atomic E-state index is -0.617. The van der Waals surface area contributed by atoms with Gasteiger partial charge in [-0.1, -0.05) is 54.6 Å². The van der Waals surface area contributed by atoms with E-state index in [9.17, 15) is 9.59 Å². The number of amides is 2. The van der Waals surface area contributed by atoms with Gasteiger partial charge in [0, 0.05) is 13.1 Å². The Morgan fingerprint density at radius 1 is 1.08 bits per heavy atom. The minimum Gasteiger partial charge on any atom is -0.445 e. The number of nitrogens with zero attached hydrogens (tertiary/aromatic N) is 1. The molecule has 0 radical (unpaired) electrons. The van der Waals surface area contributed by atoms with E-state index in [-0.39, 0.29) is 12.5 Å². The predicted octanol–water partition coefficient (Wildman–Crippen LogP) is 2.89. The van der Waals surface area contributed by atoms with Crippen molar-refractivity contribution in [2.75, 3.05) is 6.54 Å². The molecule has 0 saturated heterocycles. The Balaban J connectivity index is 1.50. The van der Waals surface area contributed by atoms with Crippen LogP contribution in [0.15, 0.2) is 54.6 Å². The third-order valence-corrected chi connectivity index (χ3v) is 4.36. The minimum absolute atomic E-state index is 0.0915. The van der Waals surface area contributed by atoms with Crippen LogP contribution in [0.25, 0.3) is 0 Å². The largest absolute Gasteiger partial charge is 0.445 e. The van der Waals surface area contributed by atoms with E-state index >= 15 is 0 Å². The van der Waals surface area contributed by atoms with E-state index in [1.807, 2.05) is 48.5 Å². The van der Waals surface area contributed by atoms with E-state index in [2.05, 4.69) is 11.4 Å². The highest BCUT2D eigenvalue weighted by atomic mass is 16.5. The van der Waals surface area contributed by atoms with Crippen molar-refractivity contribution in [3.8, 4) is 0 Å². The molecule has 25 heavy (non-hydrogen) atoms. The summed E-state index contributed by atoms with van der Waals surface area (Å²) in [5.74, 6) is -0.0915. The lowest BCUT2D eigenvalue weighted by atomic mass is 9.99. The van der Waals surface area contributed by atoms with Crippen LogP contribution in [-0.4, -0.2) is 29.5 Å². The molecule has 0 aliphatic carbocycles. The monoisotopic (exact) mass is 338 g/mol. The number of fused-ring (bicyclic) bond motifs is 1. The predicted molar refractivity (Wildman–Crippen MR) is 94.8 cm³/mol. The molecular weight excluding hydrogens is 316 g/mol. The molecule has 1 heterocycles. The SMILES string of the molecule is C[C@H](NC(=O)OCc1ccccc1)C(=O)N1CCc2ccccc2C1. The number of alkyl carbamates (subject to hydrolysis) is 1. The zero-order chi connectivity index (χ0) is 17.6. The van der Waals surface area contributed by atoms with Gasteiger partial charge in [0.25, 0.3) is 0 Å². The van der Waals surface area contributed by atoms with Gasteiger partial charge < -0.3 is 15.0 Å². The van der Waals surface area contributed by atoms with E-state index in [0.717, 1.165) is 12.0 Å². The van der Waals surface area contributed by atoms with Crippen LogP contribution < -0.4 is 5.32 Å². The number of benzene rings is 2. The lowest BCUT2D eigenvalue weighted by molar-refractivity contribution is -0.133. The zero-order valence-electron chi connectivity index (χ0n) is 14.3. The first kappa shape index (κ1) is 17.0. The van der Waals surface area contributed by atoms with Gasteiger partial charge in [-0.15, -0.1) is 0 Å². The van der Waals surface area contributed by atoms with Crippen LogP contribution in [0.3, 0.4) is 0 Å². The Labute approximate surface area is 147 Å². The Hall–Kier alpha value is -2.82. The van der Waals surface area contributed by atoms with Gasteiger partial charge in [-0.25, -0.2) is 4.79 Å². The van der Waals surface area contributed by atoms with Gasteiger partial charge in [-0.05, 0) is 30.0 Å². The highest BCUT2D eigenvalue weighted by Crippen LogP contribution is 2.19. The fourth-order valence-corrected chi connectivity index (χ4v) is 2.96. The summed E-state index contributed by atoms with van der Waals surface area (Å²) in [6, 6.07) is 17.0. The number of rotatable bonds is 4. The molecule has 3 rings (SSSR count). The zero-order valence-corrected chi connectivity index (χ0v) is 14.3. The number of hydrogen-bond donors (Lipinski definition) is 1. The van der Waals surface area contributed by atoms with Crippen molar-refractivity contribution in [1.82, 2.24) is 10.2 Å². The molecule has 1 atom stereocenters. The molecule has 1 aliphatic rings. The van der Waals surface area contributed by atoms with Crippen molar-refractivity contribution in [1.29, 1.82) is 0 Å². The molecule has 1 N–H and O–H groups in total. The standard InChI is InChI=1S/C20H22N2O3/c1-15(21-20(24)25-14-16-7-3-2-4-8-16)19(23)22-12-11-17-9-5-6-10-18(17)13-22/h2-10,15H,11-14H2,1H3,(H,21,24)/t15-/m0/s1. The van der Waals surface area contributed by atoms with Crippen LogP contribution in [0.4, 0.5) is 4.79 Å². The molecule has 5 nitrogen and oxygen atoms in total. The molecule has 0 aromatic heterocycles. The fraction of sp³-hybridized carbons (Fsp3) is 0.300. The first-order chi connectivity index (χ1) is 12.1. The second-order valence-electron chi connectivity index (χ2n) is 6.21. The molecule has 5 heteroatoms. The van der Waals surface area contributed by atoms with E-state index in [1.165, 1.54) is 11.1 Å². The van der Waals surface area contributed by atoms with Gasteiger partial charge in [0.1, 0.15) is 12.6 Å². The molecule has 2 aromatic carbocycles. The molecule has 2 aromatic rings. The van der Waals surface area contributed by atoms with Gasteiger partial charge in [0.2, 0.25) is 5.91 Å². The van der Waals surface area contributed by atoms with Crippen LogP contribution in [0, 0.1) is 0 Å². The summed E-state index contributed by atoms with van der Waals surface area (Å²) in [5.41, 5.74) is 3.36. The van der Waals surface area contributed by atoms with Crippen molar-refractivity contribution < 1.29 is 14.3 Å². The quantitative estimate of drug-likeness (QED) is 0.932. The second kappa shape index (κ2) is 7.83. The summed E-state index contributed by atoms with van der Waals surface area (Å²) in [7, 11) is 0. The van der Waals surface area contributed by atoms with Crippen LogP contribution in [0.1, 0.15) is 23.6 Å². The summed E-state index contributed by atoms with van der Waals surface area (Å²) >= 11 is 0. The average molecular weight is 338 g/mol. The lowest BCUT2D eigenvalue weighted by Crippen LogP contribution is -2.48. The van der Waals surface area contributed by atoms with Crippen LogP contribution in [0.2, 0.25) is 0 Å². The smallest absolute Gasteiger partial charge is 0.408 e. The molecule has 0 unspecified atom stereocenters. The summed E-state index contributed by atoms with van der Waals surface area (Å²) < 4.78 is 5.17. The number of carbonyl (C=O) groups excluding carboxylic acids is 2. The molecule has 0 spiro atoms. The molecule has 130 valence electrons. The van der Waals surface area contributed by atoms with Crippen molar-refractivity contribution in [3.63, 3.8) is 0 Å². The van der Waals surface area contributed by atoms with E-state index < -0.39 is 12.1 Å². The topological polar surface area (TPSA) is 58.6 Å².